The molecule has 4 nitrogen and oxygen atoms in total. The molecule has 1 heterocycles. The van der Waals surface area contributed by atoms with E-state index in [0.29, 0.717) is 5.69 Å². The van der Waals surface area contributed by atoms with Gasteiger partial charge in [0, 0.05) is 12.7 Å². The van der Waals surface area contributed by atoms with Crippen molar-refractivity contribution in [2.24, 2.45) is 0 Å². The summed E-state index contributed by atoms with van der Waals surface area (Å²) in [6.45, 7) is 5.80. The molecule has 1 aromatic heterocycles. The van der Waals surface area contributed by atoms with Crippen molar-refractivity contribution in [3.05, 3.63) is 52.5 Å². The maximum absolute atomic E-state index is 12.5. The van der Waals surface area contributed by atoms with Crippen molar-refractivity contribution in [3.8, 4) is 5.69 Å². The van der Waals surface area contributed by atoms with E-state index in [-0.39, 0.29) is 5.56 Å². The maximum Gasteiger partial charge on any atom is 0.295 e. The van der Waals surface area contributed by atoms with E-state index in [1.807, 2.05) is 61.9 Å². The van der Waals surface area contributed by atoms with Crippen LogP contribution in [0, 0.1) is 6.92 Å². The van der Waals surface area contributed by atoms with Gasteiger partial charge in [-0.05, 0) is 32.9 Å². The third-order valence-electron chi connectivity index (χ3n) is 3.29. The largest absolute Gasteiger partial charge is 0.382 e. The molecule has 0 aliphatic rings. The summed E-state index contributed by atoms with van der Waals surface area (Å²) >= 11 is 0. The second-order valence-electron chi connectivity index (χ2n) is 4.40. The number of hydrogen-bond donors (Lipinski definition) is 1. The van der Waals surface area contributed by atoms with E-state index in [0.717, 1.165) is 17.1 Å². The molecule has 19 heavy (non-hydrogen) atoms. The summed E-state index contributed by atoms with van der Waals surface area (Å²) in [5.41, 5.74) is 3.38. The first-order valence-corrected chi connectivity index (χ1v) is 6.33. The van der Waals surface area contributed by atoms with Gasteiger partial charge in [0.25, 0.3) is 5.56 Å². The zero-order chi connectivity index (χ0) is 14.0. The van der Waals surface area contributed by atoms with E-state index in [9.17, 15) is 4.79 Å². The second kappa shape index (κ2) is 5.18. The lowest BCUT2D eigenvalue weighted by Gasteiger charge is -2.13. The van der Waals surface area contributed by atoms with Crippen LogP contribution in [0.15, 0.2) is 41.2 Å². The van der Waals surface area contributed by atoms with Crippen molar-refractivity contribution in [1.82, 2.24) is 9.36 Å². The fourth-order valence-corrected chi connectivity index (χ4v) is 2.21. The smallest absolute Gasteiger partial charge is 0.295 e. The van der Waals surface area contributed by atoms with Gasteiger partial charge < -0.3 is 5.32 Å². The fourth-order valence-electron chi connectivity index (χ4n) is 2.21. The van der Waals surface area contributed by atoms with E-state index in [1.165, 1.54) is 0 Å². The van der Waals surface area contributed by atoms with Crippen molar-refractivity contribution in [3.63, 3.8) is 0 Å². The molecule has 0 aliphatic carbocycles. The molecule has 2 rings (SSSR count). The van der Waals surface area contributed by atoms with E-state index in [1.54, 1.807) is 11.7 Å². The number of aromatic nitrogens is 2. The molecular formula is C15H19N3O. The quantitative estimate of drug-likeness (QED) is 0.918. The third-order valence-corrected chi connectivity index (χ3v) is 3.29. The van der Waals surface area contributed by atoms with Gasteiger partial charge in [0.05, 0.1) is 11.4 Å². The Hall–Kier alpha value is -2.23. The van der Waals surface area contributed by atoms with Crippen LogP contribution < -0.4 is 10.9 Å². The summed E-state index contributed by atoms with van der Waals surface area (Å²) in [5.74, 6) is 0. The Morgan fingerprint density at radius 3 is 2.42 bits per heavy atom. The molecule has 0 aliphatic heterocycles. The number of hydrogen-bond acceptors (Lipinski definition) is 2. The molecule has 0 saturated heterocycles. The highest BCUT2D eigenvalue weighted by Gasteiger charge is 2.17. The maximum atomic E-state index is 12.5. The van der Waals surface area contributed by atoms with Crippen molar-refractivity contribution in [2.75, 3.05) is 12.4 Å². The van der Waals surface area contributed by atoms with E-state index >= 15 is 0 Å². The van der Waals surface area contributed by atoms with Gasteiger partial charge in [-0.15, -0.1) is 0 Å². The first-order chi connectivity index (χ1) is 9.11. The molecule has 1 aromatic carbocycles. The van der Waals surface area contributed by atoms with E-state index < -0.39 is 0 Å². The topological polar surface area (TPSA) is 39.0 Å². The van der Waals surface area contributed by atoms with Gasteiger partial charge in [-0.1, -0.05) is 24.3 Å². The van der Waals surface area contributed by atoms with Crippen LogP contribution in [-0.4, -0.2) is 16.4 Å². The first kappa shape index (κ1) is 13.2. The standard InChI is InChI=1S/C15H19N3O/c1-5-11(2)17-15(19)14(16-4)12(3)18(17)13-9-7-6-8-10-13/h5-10,16H,1-4H3/b11-5+. The molecule has 0 radical (unpaired) electrons. The van der Waals surface area contributed by atoms with Crippen molar-refractivity contribution >= 4 is 11.4 Å². The lowest BCUT2D eigenvalue weighted by Crippen LogP contribution is -2.21. The lowest BCUT2D eigenvalue weighted by molar-refractivity contribution is 0.716. The molecule has 4 heteroatoms. The highest BCUT2D eigenvalue weighted by molar-refractivity contribution is 5.55. The summed E-state index contributed by atoms with van der Waals surface area (Å²) in [6.07, 6.45) is 1.93. The molecule has 0 atom stereocenters. The number of para-hydroxylation sites is 1. The predicted molar refractivity (Wildman–Crippen MR) is 79.9 cm³/mol. The molecule has 0 spiro atoms. The van der Waals surface area contributed by atoms with Gasteiger partial charge in [-0.3, -0.25) is 4.79 Å². The zero-order valence-corrected chi connectivity index (χ0v) is 11.8. The molecule has 0 unspecified atom stereocenters. The van der Waals surface area contributed by atoms with Crippen LogP contribution in [0.2, 0.25) is 0 Å². The lowest BCUT2D eigenvalue weighted by atomic mass is 10.3. The molecule has 0 amide bonds. The Kier molecular flexibility index (Phi) is 3.60. The monoisotopic (exact) mass is 257 g/mol. The Balaban J connectivity index is 2.83. The number of nitrogens with zero attached hydrogens (tertiary/aromatic N) is 2. The number of benzene rings is 1. The van der Waals surface area contributed by atoms with Crippen molar-refractivity contribution < 1.29 is 0 Å². The van der Waals surface area contributed by atoms with Crippen LogP contribution in [0.25, 0.3) is 11.4 Å². The van der Waals surface area contributed by atoms with Crippen LogP contribution in [0.4, 0.5) is 5.69 Å². The molecule has 0 saturated carbocycles. The van der Waals surface area contributed by atoms with E-state index in [4.69, 9.17) is 0 Å². The molecule has 0 fully saturated rings. The molecule has 2 aromatic rings. The van der Waals surface area contributed by atoms with Gasteiger partial charge in [-0.2, -0.15) is 0 Å². The Labute approximate surface area is 113 Å². The highest BCUT2D eigenvalue weighted by atomic mass is 16.1. The number of anilines is 1. The number of nitrogens with one attached hydrogen (secondary N) is 1. The minimum Gasteiger partial charge on any atom is -0.382 e. The fraction of sp³-hybridized carbons (Fsp3) is 0.267. The molecule has 100 valence electrons. The number of allylic oxidation sites excluding steroid dienone is 2. The van der Waals surface area contributed by atoms with Gasteiger partial charge in [0.2, 0.25) is 0 Å². The summed E-state index contributed by atoms with van der Waals surface area (Å²) in [5, 5.41) is 2.99. The van der Waals surface area contributed by atoms with Crippen LogP contribution >= 0.6 is 0 Å². The summed E-state index contributed by atoms with van der Waals surface area (Å²) < 4.78 is 3.62. The van der Waals surface area contributed by atoms with Crippen LogP contribution in [0.3, 0.4) is 0 Å². The van der Waals surface area contributed by atoms with Crippen LogP contribution in [0.1, 0.15) is 19.5 Å². The first-order valence-electron chi connectivity index (χ1n) is 6.33. The summed E-state index contributed by atoms with van der Waals surface area (Å²) in [4.78, 5) is 12.5. The van der Waals surface area contributed by atoms with Crippen molar-refractivity contribution in [2.45, 2.75) is 20.8 Å². The van der Waals surface area contributed by atoms with Crippen LogP contribution in [0.5, 0.6) is 0 Å². The van der Waals surface area contributed by atoms with Gasteiger partial charge in [0.1, 0.15) is 5.69 Å². The van der Waals surface area contributed by atoms with Crippen molar-refractivity contribution in [1.29, 1.82) is 0 Å². The van der Waals surface area contributed by atoms with Gasteiger partial charge in [-0.25, -0.2) is 9.36 Å². The molecular weight excluding hydrogens is 238 g/mol. The van der Waals surface area contributed by atoms with Gasteiger partial charge >= 0.3 is 0 Å². The molecule has 0 bridgehead atoms. The Morgan fingerprint density at radius 2 is 1.89 bits per heavy atom. The zero-order valence-electron chi connectivity index (χ0n) is 11.8. The summed E-state index contributed by atoms with van der Waals surface area (Å²) in [7, 11) is 1.77. The average molecular weight is 257 g/mol. The third kappa shape index (κ3) is 2.10. The van der Waals surface area contributed by atoms with E-state index in [2.05, 4.69) is 5.32 Å². The average Bonchev–Trinajstić information content (AvgIpc) is 2.69. The normalized spacial score (nSPS) is 11.7. The minimum absolute atomic E-state index is 0.0283. The second-order valence-corrected chi connectivity index (χ2v) is 4.40. The Morgan fingerprint density at radius 1 is 1.26 bits per heavy atom. The number of rotatable bonds is 3. The Bertz CT molecular complexity index is 663. The predicted octanol–water partition coefficient (Wildman–Crippen LogP) is 2.87. The molecule has 1 N–H and O–H groups in total. The summed E-state index contributed by atoms with van der Waals surface area (Å²) in [6, 6.07) is 9.88. The van der Waals surface area contributed by atoms with Crippen LogP contribution in [-0.2, 0) is 0 Å². The highest BCUT2D eigenvalue weighted by Crippen LogP contribution is 2.18. The SMILES string of the molecule is C/C=C(\C)n1c(=O)c(NC)c(C)n1-c1ccccc1. The minimum atomic E-state index is -0.0283. The van der Waals surface area contributed by atoms with Gasteiger partial charge in [0.15, 0.2) is 0 Å².